The van der Waals surface area contributed by atoms with Crippen molar-refractivity contribution in [2.75, 3.05) is 6.61 Å². The number of aliphatic hydroxyl groups is 1. The molecule has 1 aliphatic heterocycles. The van der Waals surface area contributed by atoms with Crippen molar-refractivity contribution in [2.45, 2.75) is 38.0 Å². The van der Waals surface area contributed by atoms with Crippen molar-refractivity contribution in [3.63, 3.8) is 0 Å². The van der Waals surface area contributed by atoms with Gasteiger partial charge >= 0.3 is 0 Å². The molecule has 3 nitrogen and oxygen atoms in total. The van der Waals surface area contributed by atoms with Crippen molar-refractivity contribution < 1.29 is 9.84 Å². The van der Waals surface area contributed by atoms with E-state index in [9.17, 15) is 0 Å². The fraction of sp³-hybridized carbons (Fsp3) is 1.00. The highest BCUT2D eigenvalue weighted by Crippen LogP contribution is 2.20. The summed E-state index contributed by atoms with van der Waals surface area (Å²) in [6, 6.07) is -0.190. The third kappa shape index (κ3) is 1.68. The summed E-state index contributed by atoms with van der Waals surface area (Å²) in [6.45, 7) is 2.06. The maximum atomic E-state index is 8.68. The van der Waals surface area contributed by atoms with Crippen molar-refractivity contribution in [1.82, 2.24) is 0 Å². The zero-order valence-corrected chi connectivity index (χ0v) is 6.29. The fourth-order valence-corrected chi connectivity index (χ4v) is 1.27. The Balaban J connectivity index is 2.29. The van der Waals surface area contributed by atoms with Crippen molar-refractivity contribution in [3.8, 4) is 0 Å². The lowest BCUT2D eigenvalue weighted by molar-refractivity contribution is 0.0275. The van der Waals surface area contributed by atoms with Crippen LogP contribution in [0.4, 0.5) is 0 Å². The Morgan fingerprint density at radius 3 is 2.80 bits per heavy atom. The second-order valence-corrected chi connectivity index (χ2v) is 2.91. The molecular weight excluding hydrogens is 130 g/mol. The van der Waals surface area contributed by atoms with Gasteiger partial charge in [-0.05, 0) is 19.8 Å². The molecule has 3 heteroatoms. The number of nitrogens with two attached hydrogens (primary N) is 1. The SMILES string of the molecule is C[C@@H]1CCC([C@@H](N)CO)O1. The van der Waals surface area contributed by atoms with Gasteiger partial charge in [-0.15, -0.1) is 0 Å². The molecule has 3 N–H and O–H groups in total. The molecule has 3 atom stereocenters. The smallest absolute Gasteiger partial charge is 0.0752 e. The molecule has 1 fully saturated rings. The van der Waals surface area contributed by atoms with Crippen LogP contribution in [-0.4, -0.2) is 30.0 Å². The highest BCUT2D eigenvalue weighted by Gasteiger charge is 2.26. The maximum Gasteiger partial charge on any atom is 0.0752 e. The summed E-state index contributed by atoms with van der Waals surface area (Å²) in [5.41, 5.74) is 5.57. The summed E-state index contributed by atoms with van der Waals surface area (Å²) in [7, 11) is 0. The Bertz CT molecular complexity index is 108. The first-order valence-corrected chi connectivity index (χ1v) is 3.76. The molecule has 0 aliphatic carbocycles. The molecule has 1 aliphatic rings. The minimum absolute atomic E-state index is 0.0252. The van der Waals surface area contributed by atoms with E-state index in [1.54, 1.807) is 0 Å². The average molecular weight is 145 g/mol. The van der Waals surface area contributed by atoms with Gasteiger partial charge in [-0.2, -0.15) is 0 Å². The number of hydrogen-bond donors (Lipinski definition) is 2. The highest BCUT2D eigenvalue weighted by atomic mass is 16.5. The maximum absolute atomic E-state index is 8.68. The summed E-state index contributed by atoms with van der Waals surface area (Å²) >= 11 is 0. The molecule has 0 bridgehead atoms. The van der Waals surface area contributed by atoms with Gasteiger partial charge in [-0.1, -0.05) is 0 Å². The van der Waals surface area contributed by atoms with Gasteiger partial charge in [0, 0.05) is 0 Å². The summed E-state index contributed by atoms with van der Waals surface area (Å²) in [5.74, 6) is 0. The van der Waals surface area contributed by atoms with E-state index in [1.165, 1.54) is 0 Å². The molecule has 60 valence electrons. The van der Waals surface area contributed by atoms with E-state index in [4.69, 9.17) is 15.6 Å². The second-order valence-electron chi connectivity index (χ2n) is 2.91. The van der Waals surface area contributed by atoms with E-state index in [-0.39, 0.29) is 18.8 Å². The molecule has 1 rings (SSSR count). The lowest BCUT2D eigenvalue weighted by atomic mass is 10.1. The van der Waals surface area contributed by atoms with Crippen LogP contribution in [-0.2, 0) is 4.74 Å². The van der Waals surface area contributed by atoms with Gasteiger partial charge < -0.3 is 15.6 Å². The molecule has 0 amide bonds. The summed E-state index contributed by atoms with van der Waals surface area (Å²) in [6.07, 6.45) is 2.46. The van der Waals surface area contributed by atoms with Gasteiger partial charge in [0.2, 0.25) is 0 Å². The van der Waals surface area contributed by atoms with Crippen LogP contribution in [0.15, 0.2) is 0 Å². The molecule has 1 saturated heterocycles. The third-order valence-corrected chi connectivity index (χ3v) is 1.95. The van der Waals surface area contributed by atoms with Gasteiger partial charge in [-0.3, -0.25) is 0 Å². The van der Waals surface area contributed by atoms with Crippen molar-refractivity contribution in [2.24, 2.45) is 5.73 Å². The van der Waals surface area contributed by atoms with Crippen molar-refractivity contribution in [1.29, 1.82) is 0 Å². The zero-order valence-electron chi connectivity index (χ0n) is 6.29. The quantitative estimate of drug-likeness (QED) is 0.569. The van der Waals surface area contributed by atoms with E-state index in [0.29, 0.717) is 6.10 Å². The molecule has 1 unspecified atom stereocenters. The number of rotatable bonds is 2. The molecule has 0 saturated carbocycles. The van der Waals surface area contributed by atoms with Gasteiger partial charge in [0.1, 0.15) is 0 Å². The van der Waals surface area contributed by atoms with Crippen molar-refractivity contribution in [3.05, 3.63) is 0 Å². The molecule has 0 spiro atoms. The first-order chi connectivity index (χ1) is 4.74. The predicted molar refractivity (Wildman–Crippen MR) is 38.6 cm³/mol. The molecule has 0 aromatic rings. The van der Waals surface area contributed by atoms with E-state index in [0.717, 1.165) is 12.8 Å². The van der Waals surface area contributed by atoms with Gasteiger partial charge in [0.15, 0.2) is 0 Å². The zero-order chi connectivity index (χ0) is 7.56. The minimum atomic E-state index is -0.190. The Morgan fingerprint density at radius 2 is 2.40 bits per heavy atom. The van der Waals surface area contributed by atoms with E-state index in [1.807, 2.05) is 6.92 Å². The number of ether oxygens (including phenoxy) is 1. The lowest BCUT2D eigenvalue weighted by Gasteiger charge is -2.16. The van der Waals surface area contributed by atoms with Crippen LogP contribution in [0.2, 0.25) is 0 Å². The first-order valence-electron chi connectivity index (χ1n) is 3.76. The average Bonchev–Trinajstić information content (AvgIpc) is 2.34. The summed E-state index contributed by atoms with van der Waals surface area (Å²) < 4.78 is 5.43. The molecular formula is C7H15NO2. The molecule has 1 heterocycles. The van der Waals surface area contributed by atoms with E-state index in [2.05, 4.69) is 0 Å². The van der Waals surface area contributed by atoms with Crippen LogP contribution in [0.5, 0.6) is 0 Å². The monoisotopic (exact) mass is 145 g/mol. The molecule has 0 aromatic carbocycles. The molecule has 0 radical (unpaired) electrons. The number of aliphatic hydroxyl groups excluding tert-OH is 1. The second kappa shape index (κ2) is 3.32. The minimum Gasteiger partial charge on any atom is -0.395 e. The number of hydrogen-bond acceptors (Lipinski definition) is 3. The normalized spacial score (nSPS) is 36.3. The van der Waals surface area contributed by atoms with Crippen LogP contribution in [0.1, 0.15) is 19.8 Å². The van der Waals surface area contributed by atoms with Crippen molar-refractivity contribution >= 4 is 0 Å². The van der Waals surface area contributed by atoms with E-state index >= 15 is 0 Å². The topological polar surface area (TPSA) is 55.5 Å². The standard InChI is InChI=1S/C7H15NO2/c1-5-2-3-7(10-5)6(8)4-9/h5-7,9H,2-4,8H2,1H3/t5-,6+,7?/m1/s1. The summed E-state index contributed by atoms with van der Waals surface area (Å²) in [4.78, 5) is 0. The van der Waals surface area contributed by atoms with Gasteiger partial charge in [0.25, 0.3) is 0 Å². The van der Waals surface area contributed by atoms with Gasteiger partial charge in [0.05, 0.1) is 24.9 Å². The Labute approximate surface area is 61.2 Å². The largest absolute Gasteiger partial charge is 0.395 e. The Hall–Kier alpha value is -0.120. The Morgan fingerprint density at radius 1 is 1.70 bits per heavy atom. The lowest BCUT2D eigenvalue weighted by Crippen LogP contribution is -2.37. The van der Waals surface area contributed by atoms with Crippen LogP contribution in [0.25, 0.3) is 0 Å². The third-order valence-electron chi connectivity index (χ3n) is 1.95. The van der Waals surface area contributed by atoms with Crippen LogP contribution in [0.3, 0.4) is 0 Å². The summed E-state index contributed by atoms with van der Waals surface area (Å²) in [5, 5.41) is 8.68. The van der Waals surface area contributed by atoms with Gasteiger partial charge in [-0.25, -0.2) is 0 Å². The highest BCUT2D eigenvalue weighted by molar-refractivity contribution is 4.79. The van der Waals surface area contributed by atoms with Crippen LogP contribution >= 0.6 is 0 Å². The molecule has 10 heavy (non-hydrogen) atoms. The van der Waals surface area contributed by atoms with Crippen LogP contribution in [0, 0.1) is 0 Å². The van der Waals surface area contributed by atoms with Crippen LogP contribution < -0.4 is 5.73 Å². The fourth-order valence-electron chi connectivity index (χ4n) is 1.27. The molecule has 0 aromatic heterocycles. The van der Waals surface area contributed by atoms with E-state index < -0.39 is 0 Å². The predicted octanol–water partition coefficient (Wildman–Crippen LogP) is -0.126. The Kier molecular flexibility index (Phi) is 2.65. The first kappa shape index (κ1) is 7.98.